The molecule has 0 radical (unpaired) electrons. The normalized spacial score (nSPS) is 26.6. The van der Waals surface area contributed by atoms with E-state index in [-0.39, 0.29) is 5.54 Å². The van der Waals surface area contributed by atoms with Crippen LogP contribution < -0.4 is 5.73 Å². The van der Waals surface area contributed by atoms with Gasteiger partial charge in [0, 0.05) is 13.0 Å². The molecule has 1 unspecified atom stereocenters. The third kappa shape index (κ3) is 3.20. The lowest BCUT2D eigenvalue weighted by Crippen LogP contribution is -2.37. The minimum Gasteiger partial charge on any atom is -0.378 e. The van der Waals surface area contributed by atoms with Gasteiger partial charge in [-0.25, -0.2) is 0 Å². The number of ether oxygens (including phenoxy) is 1. The highest BCUT2D eigenvalue weighted by molar-refractivity contribution is 5.04. The standard InChI is InChI=1S/C15H25N3O2/c16-15(9-3-1-2-4-10-15)14-17-13(20-18-14)8-7-12-6-5-11-19-12/h12H,1-11,16H2. The molecule has 1 aromatic rings. The molecule has 2 fully saturated rings. The van der Waals surface area contributed by atoms with Crippen LogP contribution in [0.2, 0.25) is 0 Å². The van der Waals surface area contributed by atoms with Gasteiger partial charge in [0.2, 0.25) is 5.89 Å². The Bertz CT molecular complexity index is 419. The van der Waals surface area contributed by atoms with Crippen LogP contribution in [0.25, 0.3) is 0 Å². The Labute approximate surface area is 120 Å². The van der Waals surface area contributed by atoms with Gasteiger partial charge in [-0.15, -0.1) is 0 Å². The topological polar surface area (TPSA) is 74.2 Å². The van der Waals surface area contributed by atoms with Crippen molar-refractivity contribution in [1.29, 1.82) is 0 Å². The average Bonchev–Trinajstić information content (AvgIpc) is 3.08. The molecular formula is C15H25N3O2. The average molecular weight is 279 g/mol. The summed E-state index contributed by atoms with van der Waals surface area (Å²) in [6.45, 7) is 0.895. The second-order valence-corrected chi connectivity index (χ2v) is 6.26. The van der Waals surface area contributed by atoms with E-state index in [1.165, 1.54) is 19.3 Å². The van der Waals surface area contributed by atoms with Gasteiger partial charge in [-0.05, 0) is 32.1 Å². The van der Waals surface area contributed by atoms with E-state index in [1.807, 2.05) is 0 Å². The molecule has 0 spiro atoms. The minimum absolute atomic E-state index is 0.370. The maximum absolute atomic E-state index is 6.50. The van der Waals surface area contributed by atoms with Crippen molar-refractivity contribution < 1.29 is 9.26 Å². The minimum atomic E-state index is -0.373. The quantitative estimate of drug-likeness (QED) is 0.858. The molecule has 0 bridgehead atoms. The molecule has 112 valence electrons. The molecule has 1 saturated heterocycles. The summed E-state index contributed by atoms with van der Waals surface area (Å²) in [6.07, 6.45) is 11.3. The fourth-order valence-electron chi connectivity index (χ4n) is 3.30. The number of aryl methyl sites for hydroxylation is 1. The van der Waals surface area contributed by atoms with Crippen molar-refractivity contribution in [3.05, 3.63) is 11.7 Å². The van der Waals surface area contributed by atoms with Crippen molar-refractivity contribution in [3.63, 3.8) is 0 Å². The van der Waals surface area contributed by atoms with Gasteiger partial charge in [0.25, 0.3) is 0 Å². The zero-order valence-electron chi connectivity index (χ0n) is 12.1. The van der Waals surface area contributed by atoms with E-state index in [9.17, 15) is 0 Å². The van der Waals surface area contributed by atoms with E-state index in [2.05, 4.69) is 10.1 Å². The lowest BCUT2D eigenvalue weighted by Gasteiger charge is -2.23. The van der Waals surface area contributed by atoms with Crippen molar-refractivity contribution in [2.75, 3.05) is 6.61 Å². The Morgan fingerprint density at radius 2 is 1.95 bits per heavy atom. The van der Waals surface area contributed by atoms with Gasteiger partial charge in [0.1, 0.15) is 0 Å². The summed E-state index contributed by atoms with van der Waals surface area (Å²) in [7, 11) is 0. The van der Waals surface area contributed by atoms with Crippen LogP contribution in [0.5, 0.6) is 0 Å². The van der Waals surface area contributed by atoms with Gasteiger partial charge in [-0.3, -0.25) is 0 Å². The van der Waals surface area contributed by atoms with Crippen molar-refractivity contribution in [1.82, 2.24) is 10.1 Å². The maximum atomic E-state index is 6.50. The summed E-state index contributed by atoms with van der Waals surface area (Å²) < 4.78 is 11.0. The van der Waals surface area contributed by atoms with E-state index in [0.29, 0.717) is 17.8 Å². The predicted octanol–water partition coefficient (Wildman–Crippen LogP) is 2.69. The van der Waals surface area contributed by atoms with Gasteiger partial charge in [-0.1, -0.05) is 30.8 Å². The third-order valence-corrected chi connectivity index (χ3v) is 4.61. The second-order valence-electron chi connectivity index (χ2n) is 6.26. The molecular weight excluding hydrogens is 254 g/mol. The highest BCUT2D eigenvalue weighted by atomic mass is 16.5. The van der Waals surface area contributed by atoms with Crippen molar-refractivity contribution in [2.24, 2.45) is 5.73 Å². The molecule has 0 amide bonds. The molecule has 5 nitrogen and oxygen atoms in total. The summed E-state index contributed by atoms with van der Waals surface area (Å²) in [5, 5.41) is 4.15. The largest absolute Gasteiger partial charge is 0.378 e. The summed E-state index contributed by atoms with van der Waals surface area (Å²) in [5.74, 6) is 1.42. The molecule has 1 aliphatic heterocycles. The van der Waals surface area contributed by atoms with Gasteiger partial charge in [0.05, 0.1) is 11.6 Å². The smallest absolute Gasteiger partial charge is 0.226 e. The van der Waals surface area contributed by atoms with Crippen LogP contribution in [0.3, 0.4) is 0 Å². The van der Waals surface area contributed by atoms with E-state index in [1.54, 1.807) is 0 Å². The van der Waals surface area contributed by atoms with Crippen LogP contribution in [-0.4, -0.2) is 22.9 Å². The third-order valence-electron chi connectivity index (χ3n) is 4.61. The zero-order chi connectivity index (χ0) is 13.8. The van der Waals surface area contributed by atoms with Crippen LogP contribution in [0.15, 0.2) is 4.52 Å². The first-order valence-electron chi connectivity index (χ1n) is 8.00. The summed E-state index contributed by atoms with van der Waals surface area (Å²) in [5.41, 5.74) is 6.13. The van der Waals surface area contributed by atoms with Gasteiger partial charge < -0.3 is 15.0 Å². The molecule has 5 heteroatoms. The Balaban J connectivity index is 1.60. The van der Waals surface area contributed by atoms with Crippen LogP contribution in [0, 0.1) is 0 Å². The molecule has 2 heterocycles. The molecule has 1 aromatic heterocycles. The lowest BCUT2D eigenvalue weighted by molar-refractivity contribution is 0.102. The number of hydrogen-bond acceptors (Lipinski definition) is 5. The maximum Gasteiger partial charge on any atom is 0.226 e. The molecule has 20 heavy (non-hydrogen) atoms. The SMILES string of the molecule is NC1(c2noc(CCC3CCCO3)n2)CCCCCC1. The molecule has 3 rings (SSSR count). The monoisotopic (exact) mass is 279 g/mol. The van der Waals surface area contributed by atoms with Crippen LogP contribution in [0.4, 0.5) is 0 Å². The molecule has 1 atom stereocenters. The summed E-state index contributed by atoms with van der Waals surface area (Å²) in [4.78, 5) is 4.55. The summed E-state index contributed by atoms with van der Waals surface area (Å²) >= 11 is 0. The Hall–Kier alpha value is -0.940. The molecule has 2 aliphatic rings. The Kier molecular flexibility index (Phi) is 4.36. The Morgan fingerprint density at radius 3 is 2.65 bits per heavy atom. The lowest BCUT2D eigenvalue weighted by atomic mass is 9.91. The number of aromatic nitrogens is 2. The van der Waals surface area contributed by atoms with Gasteiger partial charge in [0.15, 0.2) is 5.82 Å². The molecule has 2 N–H and O–H groups in total. The first kappa shape index (κ1) is 14.0. The van der Waals surface area contributed by atoms with Gasteiger partial charge in [-0.2, -0.15) is 4.98 Å². The second kappa shape index (κ2) is 6.22. The fourth-order valence-corrected chi connectivity index (χ4v) is 3.30. The van der Waals surface area contributed by atoms with E-state index < -0.39 is 0 Å². The molecule has 0 aromatic carbocycles. The highest BCUT2D eigenvalue weighted by Gasteiger charge is 2.33. The molecule has 1 aliphatic carbocycles. The summed E-state index contributed by atoms with van der Waals surface area (Å²) in [6, 6.07) is 0. The number of hydrogen-bond donors (Lipinski definition) is 1. The van der Waals surface area contributed by atoms with E-state index >= 15 is 0 Å². The molecule has 1 saturated carbocycles. The van der Waals surface area contributed by atoms with Crippen molar-refractivity contribution in [2.45, 2.75) is 75.9 Å². The first-order chi connectivity index (χ1) is 9.76. The van der Waals surface area contributed by atoms with E-state index in [0.717, 1.165) is 51.6 Å². The highest BCUT2D eigenvalue weighted by Crippen LogP contribution is 2.32. The predicted molar refractivity (Wildman–Crippen MR) is 75.2 cm³/mol. The van der Waals surface area contributed by atoms with Gasteiger partial charge >= 0.3 is 0 Å². The first-order valence-corrected chi connectivity index (χ1v) is 8.00. The fraction of sp³-hybridized carbons (Fsp3) is 0.867. The van der Waals surface area contributed by atoms with Crippen molar-refractivity contribution in [3.8, 4) is 0 Å². The van der Waals surface area contributed by atoms with Crippen LogP contribution >= 0.6 is 0 Å². The van der Waals surface area contributed by atoms with Crippen molar-refractivity contribution >= 4 is 0 Å². The van der Waals surface area contributed by atoms with Crippen LogP contribution in [-0.2, 0) is 16.7 Å². The number of nitrogens with two attached hydrogens (primary N) is 1. The Morgan fingerprint density at radius 1 is 1.15 bits per heavy atom. The number of nitrogens with zero attached hydrogens (tertiary/aromatic N) is 2. The van der Waals surface area contributed by atoms with Crippen LogP contribution in [0.1, 0.15) is 69.5 Å². The number of rotatable bonds is 4. The zero-order valence-corrected chi connectivity index (χ0v) is 12.1. The van der Waals surface area contributed by atoms with E-state index in [4.69, 9.17) is 15.0 Å².